The summed E-state index contributed by atoms with van der Waals surface area (Å²) in [4.78, 5) is 61.1. The summed E-state index contributed by atoms with van der Waals surface area (Å²) in [7, 11) is 0. The third-order valence-corrected chi connectivity index (χ3v) is 10.9. The summed E-state index contributed by atoms with van der Waals surface area (Å²) < 4.78 is 8.15. The molecule has 4 fully saturated rings. The van der Waals surface area contributed by atoms with Crippen molar-refractivity contribution in [2.24, 2.45) is 11.8 Å². The van der Waals surface area contributed by atoms with Gasteiger partial charge in [-0.25, -0.2) is 9.97 Å². The van der Waals surface area contributed by atoms with Gasteiger partial charge >= 0.3 is 109 Å². The topological polar surface area (TPSA) is 196 Å². The van der Waals surface area contributed by atoms with E-state index in [9.17, 15) is 14.4 Å². The molecule has 2 aromatic heterocycles. The summed E-state index contributed by atoms with van der Waals surface area (Å²) in [6.07, 6.45) is 18.8. The number of carbonyl (C=O) groups excluding carboxylic acids is 2. The Kier molecular flexibility index (Phi) is 26.6. The minimum atomic E-state index is -0.337. The van der Waals surface area contributed by atoms with Crippen molar-refractivity contribution in [3.63, 3.8) is 0 Å². The van der Waals surface area contributed by atoms with E-state index in [-0.39, 0.29) is 141 Å². The third-order valence-electron chi connectivity index (χ3n) is 10.9. The molecule has 2 saturated carbocycles. The van der Waals surface area contributed by atoms with Crippen LogP contribution in [0.15, 0.2) is 22.0 Å². The number of nitrogens with zero attached hydrogens (tertiary/aromatic N) is 6. The molecule has 16 nitrogen and oxygen atoms in total. The fourth-order valence-corrected chi connectivity index (χ4v) is 7.55. The first-order valence-corrected chi connectivity index (χ1v) is 20.2. The van der Waals surface area contributed by atoms with E-state index in [1.807, 2.05) is 13.8 Å². The van der Waals surface area contributed by atoms with E-state index in [0.29, 0.717) is 36.8 Å². The van der Waals surface area contributed by atoms with Gasteiger partial charge in [-0.2, -0.15) is 0 Å². The molecule has 2 unspecified atom stereocenters. The van der Waals surface area contributed by atoms with Crippen molar-refractivity contribution in [2.75, 3.05) is 63.1 Å². The second-order valence-corrected chi connectivity index (χ2v) is 15.3. The first kappa shape index (κ1) is 52.6. The normalized spacial score (nSPS) is 19.2. The monoisotopic (exact) mass is 850 g/mol. The van der Waals surface area contributed by atoms with E-state index in [1.54, 1.807) is 21.5 Å². The number of anilines is 2. The average Bonchev–Trinajstić information content (AvgIpc) is 4.13. The number of carbonyl (C=O) groups is 2. The molecule has 4 heterocycles. The fourth-order valence-electron chi connectivity index (χ4n) is 7.55. The second-order valence-electron chi connectivity index (χ2n) is 15.3. The number of rotatable bonds is 18. The van der Waals surface area contributed by atoms with Gasteiger partial charge in [0.05, 0.1) is 13.2 Å². The Bertz CT molecular complexity index is 1610. The summed E-state index contributed by atoms with van der Waals surface area (Å²) in [5.41, 5.74) is 1.26. The molecule has 310 valence electrons. The fraction of sp³-hybridized carbons (Fsp3) is 0.744. The van der Waals surface area contributed by atoms with Gasteiger partial charge in [0.25, 0.3) is 17.6 Å². The van der Waals surface area contributed by atoms with Gasteiger partial charge in [0.15, 0.2) is 11.6 Å². The Balaban J connectivity index is 0.000000509. The smallest absolute Gasteiger partial charge is 1.00 e. The van der Waals surface area contributed by atoms with Crippen LogP contribution in [-0.2, 0) is 32.3 Å². The predicted octanol–water partition coefficient (Wildman–Crippen LogP) is -3.65. The standard InChI is InChI=1S/C20H32N4O3.C18H30N4O2.CH2O3.2K.H/c1-15-13-22-19(20(26)24(15)11-12-27-16(2)25)21-9-8-18-5-3-4-10-23(18)14-17-6-7-17;1-14-12-20-17(18(24)22(14)10-11-23)19-8-7-16-4-2-3-9-21(16)13-15-5-6-15;2-1-4-3;;;/h13,17-18H,3-12,14H2,1-2H3,(H,21,22);12,15-16,23H,2-11,13H2,1H3,(H,19,20);1,3H;;;/q;;;2*+1;-1/p-1. The SMILES string of the molecule is CC(=O)OCCn1c(C)cnc(NCCC2CCCCN2CC2CC2)c1=O.Cc1cnc(NCCC2CCCCN2CC2CC2)c(=O)n1CCO.O=CO[O-].[H-].[K+].[K+]. The molecule has 2 aromatic rings. The van der Waals surface area contributed by atoms with Crippen molar-refractivity contribution in [3.05, 3.63) is 44.5 Å². The molecule has 6 rings (SSSR count). The van der Waals surface area contributed by atoms with Crippen molar-refractivity contribution < 1.29 is 134 Å². The zero-order valence-corrected chi connectivity index (χ0v) is 41.3. The van der Waals surface area contributed by atoms with Crippen LogP contribution in [0.3, 0.4) is 0 Å². The van der Waals surface area contributed by atoms with Crippen LogP contribution < -0.4 is 130 Å². The number of piperidine rings is 2. The Morgan fingerprint density at radius 2 is 1.26 bits per heavy atom. The van der Waals surface area contributed by atoms with Crippen molar-refractivity contribution in [1.29, 1.82) is 0 Å². The van der Waals surface area contributed by atoms with E-state index in [2.05, 4.69) is 35.3 Å². The molecule has 2 saturated heterocycles. The van der Waals surface area contributed by atoms with E-state index >= 15 is 0 Å². The Morgan fingerprint density at radius 1 is 0.825 bits per heavy atom. The summed E-state index contributed by atoms with van der Waals surface area (Å²) in [5.74, 6) is 2.30. The maximum Gasteiger partial charge on any atom is 1.00 e. The van der Waals surface area contributed by atoms with Crippen molar-refractivity contribution in [1.82, 2.24) is 28.9 Å². The molecule has 0 amide bonds. The number of hydrogen-bond acceptors (Lipinski definition) is 14. The number of aryl methyl sites for hydroxylation is 2. The van der Waals surface area contributed by atoms with Gasteiger partial charge in [0.1, 0.15) is 6.61 Å². The minimum absolute atomic E-state index is 0. The van der Waals surface area contributed by atoms with E-state index < -0.39 is 0 Å². The molecule has 0 aromatic carbocycles. The zero-order chi connectivity index (χ0) is 39.6. The number of aromatic nitrogens is 4. The van der Waals surface area contributed by atoms with Crippen LogP contribution in [0, 0.1) is 25.7 Å². The number of esters is 1. The number of hydrogen-bond donors (Lipinski definition) is 3. The first-order chi connectivity index (χ1) is 26.6. The van der Waals surface area contributed by atoms with Gasteiger partial charge in [-0.3, -0.25) is 19.2 Å². The molecular weight excluding hydrogens is 787 g/mol. The molecule has 0 radical (unpaired) electrons. The second kappa shape index (κ2) is 28.8. The van der Waals surface area contributed by atoms with Crippen LogP contribution in [0.5, 0.6) is 0 Å². The molecular formula is C39H64K2N8O8. The van der Waals surface area contributed by atoms with E-state index in [4.69, 9.17) is 19.9 Å². The first-order valence-electron chi connectivity index (χ1n) is 20.2. The summed E-state index contributed by atoms with van der Waals surface area (Å²) in [6, 6.07) is 1.25. The van der Waals surface area contributed by atoms with E-state index in [1.165, 1.54) is 97.3 Å². The zero-order valence-electron chi connectivity index (χ0n) is 36.1. The van der Waals surface area contributed by atoms with Gasteiger partial charge in [0.2, 0.25) is 0 Å². The largest absolute Gasteiger partial charge is 1.00 e. The number of aliphatic hydroxyl groups excluding tert-OH is 1. The Morgan fingerprint density at radius 3 is 1.65 bits per heavy atom. The molecule has 57 heavy (non-hydrogen) atoms. The number of nitrogens with one attached hydrogen (secondary N) is 2. The third kappa shape index (κ3) is 18.9. The molecule has 18 heteroatoms. The summed E-state index contributed by atoms with van der Waals surface area (Å²) in [5, 5.41) is 24.0. The quantitative estimate of drug-likeness (QED) is 0.0437. The van der Waals surface area contributed by atoms with Crippen LogP contribution >= 0.6 is 0 Å². The molecule has 0 bridgehead atoms. The molecule has 2 atom stereocenters. The van der Waals surface area contributed by atoms with Gasteiger partial charge in [-0.05, 0) is 103 Å². The molecule has 4 aliphatic rings. The molecule has 2 aliphatic heterocycles. The number of ether oxygens (including phenoxy) is 1. The minimum Gasteiger partial charge on any atom is -1.00 e. The van der Waals surface area contributed by atoms with Gasteiger partial charge < -0.3 is 51.0 Å². The van der Waals surface area contributed by atoms with Crippen LogP contribution in [-0.4, -0.2) is 111 Å². The molecule has 2 aliphatic carbocycles. The van der Waals surface area contributed by atoms with Crippen LogP contribution in [0.1, 0.15) is 96.8 Å². The molecule has 3 N–H and O–H groups in total. The van der Waals surface area contributed by atoms with Gasteiger partial charge in [0, 0.05) is 75.5 Å². The summed E-state index contributed by atoms with van der Waals surface area (Å²) >= 11 is 0. The maximum absolute atomic E-state index is 12.7. The van der Waals surface area contributed by atoms with Crippen molar-refractivity contribution in [2.45, 2.75) is 123 Å². The van der Waals surface area contributed by atoms with Crippen molar-refractivity contribution in [3.8, 4) is 0 Å². The van der Waals surface area contributed by atoms with Gasteiger partial charge in [-0.1, -0.05) is 12.8 Å². The predicted molar refractivity (Wildman–Crippen MR) is 209 cm³/mol. The van der Waals surface area contributed by atoms with Crippen LogP contribution in [0.25, 0.3) is 0 Å². The van der Waals surface area contributed by atoms with Crippen LogP contribution in [0.4, 0.5) is 11.6 Å². The molecule has 0 spiro atoms. The number of aliphatic hydroxyl groups is 1. The number of likely N-dealkylation sites (tertiary alicyclic amines) is 2. The average molecular weight is 851 g/mol. The van der Waals surface area contributed by atoms with Crippen molar-refractivity contribution >= 4 is 24.1 Å². The van der Waals surface area contributed by atoms with E-state index in [0.717, 1.165) is 49.2 Å². The Hall–Kier alpha value is -0.587. The summed E-state index contributed by atoms with van der Waals surface area (Å²) in [6.45, 7) is 12.2. The van der Waals surface area contributed by atoms with Crippen LogP contribution in [0.2, 0.25) is 0 Å². The Labute approximate surface area is 423 Å². The van der Waals surface area contributed by atoms with Gasteiger partial charge in [-0.15, -0.1) is 0 Å². The maximum atomic E-state index is 12.7.